The number of ether oxygens (including phenoxy) is 1. The molecular formula is C24H24N6O6. The van der Waals surface area contributed by atoms with Crippen LogP contribution in [0.4, 0.5) is 15.4 Å². The van der Waals surface area contributed by atoms with Gasteiger partial charge in [0, 0.05) is 44.8 Å². The summed E-state index contributed by atoms with van der Waals surface area (Å²) in [6.45, 7) is 1.33. The van der Waals surface area contributed by atoms with Crippen LogP contribution in [-0.2, 0) is 19.9 Å². The number of pyridine rings is 1. The highest BCUT2D eigenvalue weighted by atomic mass is 16.5. The molecular weight excluding hydrogens is 468 g/mol. The molecule has 6 amide bonds. The Labute approximate surface area is 205 Å². The van der Waals surface area contributed by atoms with Crippen molar-refractivity contribution in [3.63, 3.8) is 0 Å². The summed E-state index contributed by atoms with van der Waals surface area (Å²) in [5, 5.41) is 7.73. The summed E-state index contributed by atoms with van der Waals surface area (Å²) < 4.78 is 11.4. The van der Waals surface area contributed by atoms with Crippen LogP contribution in [0.2, 0.25) is 0 Å². The van der Waals surface area contributed by atoms with E-state index in [1.807, 2.05) is 12.2 Å². The molecule has 1 aliphatic carbocycles. The Kier molecular flexibility index (Phi) is 5.07. The second kappa shape index (κ2) is 8.19. The summed E-state index contributed by atoms with van der Waals surface area (Å²) in [5.41, 5.74) is 0.680. The number of imide groups is 1. The highest BCUT2D eigenvalue weighted by molar-refractivity contribution is 6.08. The smallest absolute Gasteiger partial charge is 0.323 e. The SMILES string of the molecule is COC1C=CC2=C(C1)C(=O)N(CC1(c3cc4nc(N5CCCNC5=O)ccc4o3)NC(=O)NC1=O)C2. The van der Waals surface area contributed by atoms with E-state index in [1.165, 1.54) is 9.80 Å². The summed E-state index contributed by atoms with van der Waals surface area (Å²) >= 11 is 0. The molecule has 2 saturated heterocycles. The fourth-order valence-electron chi connectivity index (χ4n) is 5.12. The maximum Gasteiger partial charge on any atom is 0.323 e. The summed E-state index contributed by atoms with van der Waals surface area (Å²) in [6.07, 6.45) is 4.83. The standard InChI is InChI=1S/C24H24N6O6/c1-35-14-4-3-13-11-29(20(31)15(13)9-14)12-24(21(32)27-22(33)28-24)18-10-16-17(36-18)5-6-19(26-16)30-8-2-7-25-23(30)34/h3-6,10,14H,2,7-9,11-12H2,1H3,(H,25,34)(H2,27,28,32,33). The number of rotatable bonds is 5. The van der Waals surface area contributed by atoms with E-state index in [9.17, 15) is 19.2 Å². The molecule has 0 bridgehead atoms. The Bertz CT molecular complexity index is 1380. The van der Waals surface area contributed by atoms with Crippen LogP contribution in [0.1, 0.15) is 18.6 Å². The normalized spacial score (nSPS) is 26.0. The van der Waals surface area contributed by atoms with Gasteiger partial charge >= 0.3 is 12.1 Å². The number of carbonyl (C=O) groups is 4. The molecule has 2 aromatic rings. The van der Waals surface area contributed by atoms with Crippen molar-refractivity contribution >= 4 is 40.8 Å². The van der Waals surface area contributed by atoms with Crippen LogP contribution in [0.15, 0.2) is 45.9 Å². The van der Waals surface area contributed by atoms with Crippen molar-refractivity contribution < 1.29 is 28.3 Å². The lowest BCUT2D eigenvalue weighted by Crippen LogP contribution is -2.53. The number of nitrogens with one attached hydrogen (secondary N) is 3. The van der Waals surface area contributed by atoms with Gasteiger partial charge in [-0.1, -0.05) is 12.2 Å². The van der Waals surface area contributed by atoms with Crippen molar-refractivity contribution in [3.8, 4) is 0 Å². The topological polar surface area (TPSA) is 146 Å². The number of fused-ring (bicyclic) bond motifs is 1. The van der Waals surface area contributed by atoms with E-state index in [0.29, 0.717) is 48.5 Å². The van der Waals surface area contributed by atoms with Crippen LogP contribution in [0.25, 0.3) is 11.1 Å². The molecule has 4 aliphatic rings. The van der Waals surface area contributed by atoms with Crippen molar-refractivity contribution in [2.75, 3.05) is 38.2 Å². The van der Waals surface area contributed by atoms with E-state index in [1.54, 1.807) is 25.3 Å². The minimum Gasteiger partial charge on any atom is -0.456 e. The molecule has 0 spiro atoms. The maximum absolute atomic E-state index is 13.2. The van der Waals surface area contributed by atoms with Crippen molar-refractivity contribution in [3.05, 3.63) is 47.3 Å². The van der Waals surface area contributed by atoms with Gasteiger partial charge in [-0.25, -0.2) is 14.6 Å². The first-order valence-corrected chi connectivity index (χ1v) is 11.7. The number of methoxy groups -OCH3 is 1. The molecule has 0 radical (unpaired) electrons. The van der Waals surface area contributed by atoms with Crippen molar-refractivity contribution in [1.29, 1.82) is 0 Å². The number of urea groups is 2. The molecule has 12 nitrogen and oxygen atoms in total. The minimum atomic E-state index is -1.63. The van der Waals surface area contributed by atoms with Crippen LogP contribution < -0.4 is 20.9 Å². The summed E-state index contributed by atoms with van der Waals surface area (Å²) in [6, 6.07) is 4.00. The van der Waals surface area contributed by atoms with Gasteiger partial charge in [-0.2, -0.15) is 0 Å². The van der Waals surface area contributed by atoms with E-state index >= 15 is 0 Å². The summed E-state index contributed by atoms with van der Waals surface area (Å²) in [7, 11) is 1.59. The van der Waals surface area contributed by atoms with Crippen LogP contribution >= 0.6 is 0 Å². The first-order valence-electron chi connectivity index (χ1n) is 11.7. The molecule has 5 heterocycles. The number of nitrogens with zero attached hydrogens (tertiary/aromatic N) is 3. The van der Waals surface area contributed by atoms with Crippen LogP contribution in [-0.4, -0.2) is 73.2 Å². The molecule has 3 aliphatic heterocycles. The number of amides is 6. The van der Waals surface area contributed by atoms with Crippen molar-refractivity contribution in [1.82, 2.24) is 25.8 Å². The third-order valence-electron chi connectivity index (χ3n) is 7.02. The lowest BCUT2D eigenvalue weighted by molar-refractivity contribution is -0.130. The van der Waals surface area contributed by atoms with E-state index in [-0.39, 0.29) is 30.3 Å². The summed E-state index contributed by atoms with van der Waals surface area (Å²) in [5.74, 6) is -0.230. The number of carbonyl (C=O) groups excluding carboxylic acids is 4. The van der Waals surface area contributed by atoms with Gasteiger partial charge < -0.3 is 24.7 Å². The largest absolute Gasteiger partial charge is 0.456 e. The Morgan fingerprint density at radius 3 is 2.86 bits per heavy atom. The lowest BCUT2D eigenvalue weighted by Gasteiger charge is -2.29. The average Bonchev–Trinajstić information content (AvgIpc) is 3.52. The maximum atomic E-state index is 13.2. The first kappa shape index (κ1) is 22.3. The Morgan fingerprint density at radius 2 is 2.11 bits per heavy atom. The number of hydrogen-bond acceptors (Lipinski definition) is 7. The van der Waals surface area contributed by atoms with Gasteiger partial charge in [-0.3, -0.25) is 19.8 Å². The second-order valence-corrected chi connectivity index (χ2v) is 9.22. The molecule has 2 aromatic heterocycles. The molecule has 2 atom stereocenters. The van der Waals surface area contributed by atoms with Crippen molar-refractivity contribution in [2.45, 2.75) is 24.5 Å². The fraction of sp³-hybridized carbons (Fsp3) is 0.375. The average molecular weight is 492 g/mol. The number of aromatic nitrogens is 1. The molecule has 2 fully saturated rings. The highest BCUT2D eigenvalue weighted by Gasteiger charge is 2.53. The zero-order valence-electron chi connectivity index (χ0n) is 19.5. The van der Waals surface area contributed by atoms with E-state index in [0.717, 1.165) is 12.0 Å². The Hall–Kier alpha value is -4.19. The predicted molar refractivity (Wildman–Crippen MR) is 126 cm³/mol. The lowest BCUT2D eigenvalue weighted by atomic mass is 9.95. The molecule has 2 unspecified atom stereocenters. The molecule has 0 saturated carbocycles. The zero-order valence-corrected chi connectivity index (χ0v) is 19.5. The van der Waals surface area contributed by atoms with Gasteiger partial charge in [0.25, 0.3) is 11.8 Å². The minimum absolute atomic E-state index is 0.122. The van der Waals surface area contributed by atoms with Crippen molar-refractivity contribution in [2.24, 2.45) is 0 Å². The van der Waals surface area contributed by atoms with Gasteiger partial charge in [-0.05, 0) is 24.1 Å². The summed E-state index contributed by atoms with van der Waals surface area (Å²) in [4.78, 5) is 58.5. The molecule has 6 rings (SSSR count). The zero-order chi connectivity index (χ0) is 25.0. The number of furan rings is 1. The fourth-order valence-corrected chi connectivity index (χ4v) is 5.12. The molecule has 186 valence electrons. The van der Waals surface area contributed by atoms with E-state index in [2.05, 4.69) is 20.9 Å². The first-order chi connectivity index (χ1) is 17.4. The number of anilines is 1. The van der Waals surface area contributed by atoms with E-state index in [4.69, 9.17) is 9.15 Å². The Morgan fingerprint density at radius 1 is 1.25 bits per heavy atom. The molecule has 0 aromatic carbocycles. The quantitative estimate of drug-likeness (QED) is 0.526. The van der Waals surface area contributed by atoms with E-state index < -0.39 is 17.5 Å². The van der Waals surface area contributed by atoms with Gasteiger partial charge in [0.2, 0.25) is 0 Å². The highest BCUT2D eigenvalue weighted by Crippen LogP contribution is 2.35. The van der Waals surface area contributed by atoms with Gasteiger partial charge in [0.15, 0.2) is 11.1 Å². The molecule has 3 N–H and O–H groups in total. The Balaban J connectivity index is 1.33. The van der Waals surface area contributed by atoms with Crippen LogP contribution in [0.3, 0.4) is 0 Å². The van der Waals surface area contributed by atoms with Gasteiger partial charge in [-0.15, -0.1) is 0 Å². The molecule has 36 heavy (non-hydrogen) atoms. The van der Waals surface area contributed by atoms with Crippen LogP contribution in [0, 0.1) is 0 Å². The van der Waals surface area contributed by atoms with Gasteiger partial charge in [0.05, 0.1) is 12.6 Å². The van der Waals surface area contributed by atoms with Crippen LogP contribution in [0.5, 0.6) is 0 Å². The molecule has 12 heteroatoms. The monoisotopic (exact) mass is 492 g/mol. The third-order valence-corrected chi connectivity index (χ3v) is 7.02. The van der Waals surface area contributed by atoms with Gasteiger partial charge in [0.1, 0.15) is 17.1 Å². The third kappa shape index (κ3) is 3.44. The predicted octanol–water partition coefficient (Wildman–Crippen LogP) is 0.896. The second-order valence-electron chi connectivity index (χ2n) is 9.22. The number of hydrogen-bond donors (Lipinski definition) is 3.